The standard InChI is InChI=1S/C29H26FN7O2/c1-32-24(14-18-7-8-18)29(38)36-13-3-5-21(16-36)37-28-25(27(31)33-17-34-28)26(35-37)19-9-11-22(12-10-19)39-23-6-2-4-20(30)15-23/h2,4,6,9-12,14-15,17-18,21H,3,5,7-8,13,16H2,(H2,31,33,34)/t21-/m1/s1. The molecule has 0 bridgehead atoms. The van der Waals surface area contributed by atoms with Gasteiger partial charge in [0.25, 0.3) is 5.91 Å². The SMILES string of the molecule is [C-]#[N+]C(=CC1CC1)C(=O)N1CCC[C@@H](n2nc(-c3ccc(Oc4cccc(F)c4)cc3)c3c(N)ncnc32)C1. The summed E-state index contributed by atoms with van der Waals surface area (Å²) in [4.78, 5) is 27.1. The number of likely N-dealkylation sites (tertiary alicyclic amines) is 1. The second-order valence-corrected chi connectivity index (χ2v) is 9.88. The Balaban J connectivity index is 1.29. The van der Waals surface area contributed by atoms with E-state index in [0.717, 1.165) is 31.2 Å². The minimum absolute atomic E-state index is 0.128. The third-order valence-corrected chi connectivity index (χ3v) is 7.06. The summed E-state index contributed by atoms with van der Waals surface area (Å²) in [7, 11) is 0. The van der Waals surface area contributed by atoms with Gasteiger partial charge in [0.1, 0.15) is 35.2 Å². The van der Waals surface area contributed by atoms with Gasteiger partial charge in [-0.2, -0.15) is 5.10 Å². The maximum Gasteiger partial charge on any atom is 0.252 e. The number of carbonyl (C=O) groups excluding carboxylic acids is 1. The third-order valence-electron chi connectivity index (χ3n) is 7.06. The predicted octanol–water partition coefficient (Wildman–Crippen LogP) is 5.38. The fraction of sp³-hybridized carbons (Fsp3) is 0.276. The van der Waals surface area contributed by atoms with Crippen molar-refractivity contribution in [1.29, 1.82) is 0 Å². The van der Waals surface area contributed by atoms with E-state index in [0.29, 0.717) is 53.1 Å². The number of nitrogen functional groups attached to an aromatic ring is 1. The predicted molar refractivity (Wildman–Crippen MR) is 144 cm³/mol. The maximum atomic E-state index is 13.5. The number of piperidine rings is 1. The fourth-order valence-electron chi connectivity index (χ4n) is 4.94. The summed E-state index contributed by atoms with van der Waals surface area (Å²) in [5.41, 5.74) is 8.51. The summed E-state index contributed by atoms with van der Waals surface area (Å²) >= 11 is 0. The number of amides is 1. The van der Waals surface area contributed by atoms with Crippen LogP contribution in [0.2, 0.25) is 0 Å². The second-order valence-electron chi connectivity index (χ2n) is 9.88. The van der Waals surface area contributed by atoms with Gasteiger partial charge in [0.2, 0.25) is 5.70 Å². The Morgan fingerprint density at radius 3 is 2.69 bits per heavy atom. The van der Waals surface area contributed by atoms with Gasteiger partial charge < -0.3 is 15.4 Å². The van der Waals surface area contributed by atoms with Crippen molar-refractivity contribution < 1.29 is 13.9 Å². The number of anilines is 1. The molecule has 6 rings (SSSR count). The van der Waals surface area contributed by atoms with E-state index in [1.165, 1.54) is 18.5 Å². The molecule has 1 amide bonds. The van der Waals surface area contributed by atoms with Crippen molar-refractivity contribution in [3.05, 3.63) is 83.9 Å². The highest BCUT2D eigenvalue weighted by atomic mass is 19.1. The van der Waals surface area contributed by atoms with Crippen LogP contribution in [-0.2, 0) is 4.79 Å². The average molecular weight is 524 g/mol. The smallest absolute Gasteiger partial charge is 0.252 e. The Labute approximate surface area is 224 Å². The van der Waals surface area contributed by atoms with Crippen LogP contribution in [0.25, 0.3) is 27.1 Å². The van der Waals surface area contributed by atoms with Gasteiger partial charge in [-0.1, -0.05) is 12.1 Å². The van der Waals surface area contributed by atoms with Crippen LogP contribution in [-0.4, -0.2) is 43.6 Å². The molecule has 1 saturated heterocycles. The molecular weight excluding hydrogens is 497 g/mol. The molecule has 10 heteroatoms. The molecule has 4 aromatic rings. The van der Waals surface area contributed by atoms with Crippen LogP contribution in [0, 0.1) is 18.3 Å². The van der Waals surface area contributed by atoms with Gasteiger partial charge in [-0.15, -0.1) is 0 Å². The number of nitrogens with two attached hydrogens (primary N) is 1. The molecule has 3 heterocycles. The summed E-state index contributed by atoms with van der Waals surface area (Å²) in [6, 6.07) is 13.1. The van der Waals surface area contributed by atoms with Crippen LogP contribution in [0.4, 0.5) is 10.2 Å². The number of fused-ring (bicyclic) bond motifs is 1. The van der Waals surface area contributed by atoms with Gasteiger partial charge in [-0.05, 0) is 68.0 Å². The third kappa shape index (κ3) is 5.03. The number of carbonyl (C=O) groups is 1. The van der Waals surface area contributed by atoms with Crippen molar-refractivity contribution in [3.8, 4) is 22.8 Å². The van der Waals surface area contributed by atoms with Gasteiger partial charge in [0.15, 0.2) is 5.65 Å². The minimum Gasteiger partial charge on any atom is -0.457 e. The lowest BCUT2D eigenvalue weighted by Crippen LogP contribution is -2.41. The van der Waals surface area contributed by atoms with E-state index in [4.69, 9.17) is 22.1 Å². The summed E-state index contributed by atoms with van der Waals surface area (Å²) in [6.07, 6.45) is 6.90. The zero-order chi connectivity index (χ0) is 26.9. The summed E-state index contributed by atoms with van der Waals surface area (Å²) in [6.45, 7) is 8.52. The van der Waals surface area contributed by atoms with Gasteiger partial charge in [0.05, 0.1) is 18.0 Å². The van der Waals surface area contributed by atoms with E-state index in [-0.39, 0.29) is 23.5 Å². The molecule has 0 unspecified atom stereocenters. The minimum atomic E-state index is -0.371. The summed E-state index contributed by atoms with van der Waals surface area (Å²) in [5, 5.41) is 5.55. The Bertz CT molecular complexity index is 1620. The fourth-order valence-corrected chi connectivity index (χ4v) is 4.94. The van der Waals surface area contributed by atoms with E-state index in [1.807, 2.05) is 22.9 Å². The molecule has 39 heavy (non-hydrogen) atoms. The van der Waals surface area contributed by atoms with E-state index < -0.39 is 0 Å². The molecule has 0 radical (unpaired) electrons. The first kappa shape index (κ1) is 24.6. The molecule has 1 atom stereocenters. The normalized spacial score (nSPS) is 17.7. The largest absolute Gasteiger partial charge is 0.457 e. The first-order valence-electron chi connectivity index (χ1n) is 12.9. The van der Waals surface area contributed by atoms with E-state index in [1.54, 1.807) is 29.2 Å². The molecule has 1 aliphatic heterocycles. The zero-order valence-electron chi connectivity index (χ0n) is 21.1. The molecule has 1 aliphatic carbocycles. The molecule has 2 aromatic carbocycles. The molecule has 9 nitrogen and oxygen atoms in total. The van der Waals surface area contributed by atoms with Crippen molar-refractivity contribution in [2.24, 2.45) is 5.92 Å². The van der Waals surface area contributed by atoms with E-state index in [9.17, 15) is 9.18 Å². The van der Waals surface area contributed by atoms with Crippen molar-refractivity contribution in [2.75, 3.05) is 18.8 Å². The van der Waals surface area contributed by atoms with Gasteiger partial charge in [0, 0.05) is 24.7 Å². The monoisotopic (exact) mass is 523 g/mol. The topological polar surface area (TPSA) is 104 Å². The van der Waals surface area contributed by atoms with Crippen LogP contribution >= 0.6 is 0 Å². The van der Waals surface area contributed by atoms with Crippen LogP contribution in [0.1, 0.15) is 31.7 Å². The molecular formula is C29H26FN7O2. The maximum absolute atomic E-state index is 13.5. The van der Waals surface area contributed by atoms with Crippen molar-refractivity contribution in [2.45, 2.75) is 31.7 Å². The number of allylic oxidation sites excluding steroid dienone is 1. The number of ether oxygens (including phenoxy) is 1. The number of hydrogen-bond donors (Lipinski definition) is 1. The Kier molecular flexibility index (Phi) is 6.40. The van der Waals surface area contributed by atoms with Crippen molar-refractivity contribution in [1.82, 2.24) is 24.6 Å². The van der Waals surface area contributed by atoms with E-state index >= 15 is 0 Å². The highest BCUT2D eigenvalue weighted by Gasteiger charge is 2.31. The van der Waals surface area contributed by atoms with Crippen LogP contribution in [0.3, 0.4) is 0 Å². The molecule has 2 aliphatic rings. The van der Waals surface area contributed by atoms with Crippen molar-refractivity contribution >= 4 is 22.8 Å². The number of benzene rings is 2. The Hall–Kier alpha value is -4.78. The van der Waals surface area contributed by atoms with Crippen LogP contribution < -0.4 is 10.5 Å². The Morgan fingerprint density at radius 2 is 1.95 bits per heavy atom. The zero-order valence-corrected chi connectivity index (χ0v) is 21.1. The van der Waals surface area contributed by atoms with E-state index in [2.05, 4.69) is 14.8 Å². The highest BCUT2D eigenvalue weighted by Crippen LogP contribution is 2.36. The van der Waals surface area contributed by atoms with Crippen LogP contribution in [0.15, 0.2) is 66.6 Å². The summed E-state index contributed by atoms with van der Waals surface area (Å²) in [5.74, 6) is 1.02. The number of hydrogen-bond acceptors (Lipinski definition) is 6. The number of nitrogens with zero attached hydrogens (tertiary/aromatic N) is 6. The molecule has 196 valence electrons. The second kappa shape index (κ2) is 10.2. The average Bonchev–Trinajstić information content (AvgIpc) is 3.69. The number of aromatic nitrogens is 4. The molecule has 2 aromatic heterocycles. The lowest BCUT2D eigenvalue weighted by Gasteiger charge is -2.33. The summed E-state index contributed by atoms with van der Waals surface area (Å²) < 4.78 is 21.1. The first-order chi connectivity index (χ1) is 19.0. The van der Waals surface area contributed by atoms with Crippen molar-refractivity contribution in [3.63, 3.8) is 0 Å². The van der Waals surface area contributed by atoms with Gasteiger partial charge in [-0.3, -0.25) is 4.79 Å². The molecule has 2 fully saturated rings. The lowest BCUT2D eigenvalue weighted by molar-refractivity contribution is -0.128. The van der Waals surface area contributed by atoms with Crippen LogP contribution in [0.5, 0.6) is 11.5 Å². The molecule has 2 N–H and O–H groups in total. The molecule has 0 spiro atoms. The first-order valence-corrected chi connectivity index (χ1v) is 12.9. The Morgan fingerprint density at radius 1 is 1.13 bits per heavy atom. The lowest BCUT2D eigenvalue weighted by atomic mass is 10.1. The quantitative estimate of drug-likeness (QED) is 0.269. The molecule has 1 saturated carbocycles. The van der Waals surface area contributed by atoms with Gasteiger partial charge >= 0.3 is 0 Å². The number of halogens is 1. The number of rotatable bonds is 6. The van der Waals surface area contributed by atoms with Gasteiger partial charge in [-0.25, -0.2) is 23.9 Å². The highest BCUT2D eigenvalue weighted by molar-refractivity contribution is 5.98.